The molecule has 0 radical (unpaired) electrons. The van der Waals surface area contributed by atoms with Crippen molar-refractivity contribution in [3.05, 3.63) is 66.4 Å². The maximum absolute atomic E-state index is 12.2. The summed E-state index contributed by atoms with van der Waals surface area (Å²) < 4.78 is 3.44. The molecule has 0 atom stereocenters. The fourth-order valence-electron chi connectivity index (χ4n) is 2.50. The highest BCUT2D eigenvalue weighted by Crippen LogP contribution is 2.08. The summed E-state index contributed by atoms with van der Waals surface area (Å²) in [6, 6.07) is 12.8. The van der Waals surface area contributed by atoms with E-state index in [4.69, 9.17) is 0 Å². The summed E-state index contributed by atoms with van der Waals surface area (Å²) >= 11 is 0. The third-order valence-corrected chi connectivity index (χ3v) is 3.76. The van der Waals surface area contributed by atoms with Gasteiger partial charge < -0.3 is 5.32 Å². The van der Waals surface area contributed by atoms with Crippen LogP contribution in [0, 0.1) is 0 Å². The Morgan fingerprint density at radius 3 is 2.76 bits per heavy atom. The molecule has 0 saturated carbocycles. The lowest BCUT2D eigenvalue weighted by atomic mass is 10.2. The summed E-state index contributed by atoms with van der Waals surface area (Å²) in [5, 5.41) is 22.1. The first-order valence-electron chi connectivity index (χ1n) is 7.71. The highest BCUT2D eigenvalue weighted by Gasteiger charge is 2.08. The van der Waals surface area contributed by atoms with Crippen molar-refractivity contribution in [2.75, 3.05) is 6.54 Å². The van der Waals surface area contributed by atoms with Crippen LogP contribution in [0.25, 0.3) is 11.3 Å². The summed E-state index contributed by atoms with van der Waals surface area (Å²) in [5.74, 6) is 0.669. The number of nitrogens with one attached hydrogen (secondary N) is 1. The Kier molecular flexibility index (Phi) is 3.87. The highest BCUT2D eigenvalue weighted by atomic mass is 16.1. The van der Waals surface area contributed by atoms with Gasteiger partial charge in [-0.3, -0.25) is 9.20 Å². The van der Waals surface area contributed by atoms with E-state index >= 15 is 0 Å². The summed E-state index contributed by atoms with van der Waals surface area (Å²) in [4.78, 5) is 12.2. The van der Waals surface area contributed by atoms with Gasteiger partial charge in [-0.2, -0.15) is 0 Å². The number of rotatable bonds is 5. The summed E-state index contributed by atoms with van der Waals surface area (Å²) in [6.07, 6.45) is 4.00. The van der Waals surface area contributed by atoms with E-state index in [0.717, 1.165) is 17.2 Å². The van der Waals surface area contributed by atoms with Gasteiger partial charge in [0.2, 0.25) is 0 Å². The van der Waals surface area contributed by atoms with Crippen molar-refractivity contribution >= 4 is 11.6 Å². The normalized spacial score (nSPS) is 10.9. The molecule has 4 rings (SSSR count). The van der Waals surface area contributed by atoms with Crippen molar-refractivity contribution in [2.24, 2.45) is 0 Å². The lowest BCUT2D eigenvalue weighted by molar-refractivity contribution is 0.0954. The molecule has 3 aromatic heterocycles. The molecule has 0 aliphatic heterocycles. The number of carbonyl (C=O) groups excluding carboxylic acids is 1. The molecular weight excluding hydrogens is 320 g/mol. The van der Waals surface area contributed by atoms with Gasteiger partial charge >= 0.3 is 0 Å². The number of hydrogen-bond acceptors (Lipinski definition) is 6. The number of nitrogens with zero attached hydrogens (tertiary/aromatic N) is 7. The number of benzene rings is 1. The van der Waals surface area contributed by atoms with Crippen molar-refractivity contribution in [1.82, 2.24) is 40.1 Å². The van der Waals surface area contributed by atoms with Gasteiger partial charge in [0.05, 0.1) is 5.69 Å². The predicted octanol–water partition coefficient (Wildman–Crippen LogP) is 0.677. The van der Waals surface area contributed by atoms with Crippen molar-refractivity contribution in [1.29, 1.82) is 0 Å². The zero-order chi connectivity index (χ0) is 17.1. The Balaban J connectivity index is 1.37. The topological polar surface area (TPSA) is 103 Å². The number of fused-ring (bicyclic) bond motifs is 1. The molecule has 9 heteroatoms. The first-order valence-corrected chi connectivity index (χ1v) is 7.71. The van der Waals surface area contributed by atoms with Crippen LogP contribution in [0.2, 0.25) is 0 Å². The molecule has 0 fully saturated rings. The minimum Gasteiger partial charge on any atom is -0.352 e. The van der Waals surface area contributed by atoms with E-state index in [1.165, 1.54) is 11.0 Å². The van der Waals surface area contributed by atoms with E-state index in [1.54, 1.807) is 24.3 Å². The van der Waals surface area contributed by atoms with Gasteiger partial charge in [0.1, 0.15) is 12.2 Å². The number of hydrogen-bond donors (Lipinski definition) is 1. The van der Waals surface area contributed by atoms with E-state index < -0.39 is 0 Å². The SMILES string of the molecule is O=C(NCCc1nnc2ccccn12)c1ccc(-n2cnnn2)cc1. The number of tetrazole rings is 1. The van der Waals surface area contributed by atoms with E-state index in [9.17, 15) is 4.79 Å². The van der Waals surface area contributed by atoms with E-state index in [-0.39, 0.29) is 5.91 Å². The smallest absolute Gasteiger partial charge is 0.251 e. The maximum Gasteiger partial charge on any atom is 0.251 e. The van der Waals surface area contributed by atoms with Crippen LogP contribution in [-0.4, -0.2) is 47.3 Å². The molecule has 3 heterocycles. The Bertz CT molecular complexity index is 991. The number of pyridine rings is 1. The van der Waals surface area contributed by atoms with E-state index in [2.05, 4.69) is 31.0 Å². The fraction of sp³-hybridized carbons (Fsp3) is 0.125. The van der Waals surface area contributed by atoms with Crippen LogP contribution in [0.1, 0.15) is 16.2 Å². The number of aromatic nitrogens is 7. The second-order valence-electron chi connectivity index (χ2n) is 5.35. The van der Waals surface area contributed by atoms with Gasteiger partial charge in [-0.25, -0.2) is 4.68 Å². The van der Waals surface area contributed by atoms with Crippen LogP contribution >= 0.6 is 0 Å². The number of amides is 1. The average molecular weight is 334 g/mol. The third kappa shape index (κ3) is 3.07. The van der Waals surface area contributed by atoms with Gasteiger partial charge in [-0.15, -0.1) is 15.3 Å². The first kappa shape index (κ1) is 14.9. The van der Waals surface area contributed by atoms with Crippen molar-refractivity contribution in [3.63, 3.8) is 0 Å². The minimum atomic E-state index is -0.142. The van der Waals surface area contributed by atoms with Crippen molar-refractivity contribution < 1.29 is 4.79 Å². The maximum atomic E-state index is 12.2. The predicted molar refractivity (Wildman–Crippen MR) is 88.2 cm³/mol. The van der Waals surface area contributed by atoms with Gasteiger partial charge in [-0.05, 0) is 46.8 Å². The van der Waals surface area contributed by atoms with Gasteiger partial charge in [0.15, 0.2) is 5.65 Å². The van der Waals surface area contributed by atoms with Crippen molar-refractivity contribution in [2.45, 2.75) is 6.42 Å². The molecular formula is C16H14N8O. The van der Waals surface area contributed by atoms with Gasteiger partial charge in [0, 0.05) is 24.7 Å². The second kappa shape index (κ2) is 6.48. The van der Waals surface area contributed by atoms with Crippen LogP contribution in [-0.2, 0) is 6.42 Å². The highest BCUT2D eigenvalue weighted by molar-refractivity contribution is 5.94. The first-order chi connectivity index (χ1) is 12.3. The van der Waals surface area contributed by atoms with Crippen LogP contribution in [0.5, 0.6) is 0 Å². The molecule has 1 aromatic carbocycles. The third-order valence-electron chi connectivity index (χ3n) is 3.76. The summed E-state index contributed by atoms with van der Waals surface area (Å²) in [5.41, 5.74) is 2.15. The zero-order valence-electron chi connectivity index (χ0n) is 13.1. The Hall–Kier alpha value is -3.62. The molecule has 124 valence electrons. The fourth-order valence-corrected chi connectivity index (χ4v) is 2.50. The lowest BCUT2D eigenvalue weighted by Gasteiger charge is -2.06. The lowest BCUT2D eigenvalue weighted by Crippen LogP contribution is -2.26. The van der Waals surface area contributed by atoms with Crippen LogP contribution < -0.4 is 5.32 Å². The van der Waals surface area contributed by atoms with Gasteiger partial charge in [-0.1, -0.05) is 6.07 Å². The zero-order valence-corrected chi connectivity index (χ0v) is 13.1. The molecule has 1 amide bonds. The molecule has 0 unspecified atom stereocenters. The van der Waals surface area contributed by atoms with Crippen LogP contribution in [0.3, 0.4) is 0 Å². The molecule has 4 aromatic rings. The molecule has 25 heavy (non-hydrogen) atoms. The van der Waals surface area contributed by atoms with Gasteiger partial charge in [0.25, 0.3) is 5.91 Å². The molecule has 0 saturated heterocycles. The van der Waals surface area contributed by atoms with E-state index in [0.29, 0.717) is 18.5 Å². The Morgan fingerprint density at radius 2 is 1.96 bits per heavy atom. The van der Waals surface area contributed by atoms with E-state index in [1.807, 2.05) is 28.8 Å². The second-order valence-corrected chi connectivity index (χ2v) is 5.35. The molecule has 9 nitrogen and oxygen atoms in total. The largest absolute Gasteiger partial charge is 0.352 e. The van der Waals surface area contributed by atoms with Crippen molar-refractivity contribution in [3.8, 4) is 5.69 Å². The monoisotopic (exact) mass is 334 g/mol. The Morgan fingerprint density at radius 1 is 1.08 bits per heavy atom. The minimum absolute atomic E-state index is 0.142. The summed E-state index contributed by atoms with van der Waals surface area (Å²) in [7, 11) is 0. The standard InChI is InChI=1S/C16H14N8O/c25-16(12-4-6-13(7-5-12)24-11-18-21-22-24)17-9-8-15-20-19-14-3-1-2-10-23(14)15/h1-7,10-11H,8-9H2,(H,17,25). The Labute approximate surface area is 142 Å². The molecule has 0 aliphatic rings. The molecule has 0 aliphatic carbocycles. The number of carbonyl (C=O) groups is 1. The average Bonchev–Trinajstić information content (AvgIpc) is 3.32. The molecule has 0 spiro atoms. The molecule has 1 N–H and O–H groups in total. The quantitative estimate of drug-likeness (QED) is 0.576. The van der Waals surface area contributed by atoms with Crippen LogP contribution in [0.4, 0.5) is 0 Å². The summed E-state index contributed by atoms with van der Waals surface area (Å²) in [6.45, 7) is 0.475. The van der Waals surface area contributed by atoms with Crippen LogP contribution in [0.15, 0.2) is 55.0 Å². The molecule has 0 bridgehead atoms.